The van der Waals surface area contributed by atoms with Crippen molar-refractivity contribution in [1.82, 2.24) is 20.1 Å². The molecule has 2 aromatic heterocycles. The third-order valence-corrected chi connectivity index (χ3v) is 4.97. The zero-order chi connectivity index (χ0) is 15.8. The molecule has 4 rings (SSSR count). The van der Waals surface area contributed by atoms with Crippen LogP contribution in [0.4, 0.5) is 0 Å². The highest BCUT2D eigenvalue weighted by atomic mass is 16.5. The molecule has 0 amide bonds. The Morgan fingerprint density at radius 1 is 1.22 bits per heavy atom. The minimum atomic E-state index is 0.301. The van der Waals surface area contributed by atoms with Crippen molar-refractivity contribution in [1.29, 1.82) is 0 Å². The molecule has 0 radical (unpaired) electrons. The van der Waals surface area contributed by atoms with E-state index in [1.807, 2.05) is 6.92 Å². The number of likely N-dealkylation sites (tertiary alicyclic amines) is 1. The minimum absolute atomic E-state index is 0.301. The van der Waals surface area contributed by atoms with Gasteiger partial charge in [0.2, 0.25) is 17.7 Å². The molecule has 122 valence electrons. The summed E-state index contributed by atoms with van der Waals surface area (Å²) in [5.74, 6) is 2.65. The molecule has 0 N–H and O–H groups in total. The normalized spacial score (nSPS) is 20.3. The van der Waals surface area contributed by atoms with Crippen LogP contribution in [0.3, 0.4) is 0 Å². The molecule has 2 aliphatic rings. The molecule has 1 fully saturated rings. The molecule has 6 heteroatoms. The molecule has 0 bridgehead atoms. The summed E-state index contributed by atoms with van der Waals surface area (Å²) in [6, 6.07) is 4.61. The van der Waals surface area contributed by atoms with E-state index in [0.29, 0.717) is 17.9 Å². The number of hydrogen-bond acceptors (Lipinski definition) is 6. The van der Waals surface area contributed by atoms with Crippen LogP contribution in [0.1, 0.15) is 54.8 Å². The fraction of sp³-hybridized carbons (Fsp3) is 0.588. The zero-order valence-electron chi connectivity index (χ0n) is 13.7. The van der Waals surface area contributed by atoms with Crippen molar-refractivity contribution in [3.63, 3.8) is 0 Å². The molecule has 0 spiro atoms. The summed E-state index contributed by atoms with van der Waals surface area (Å²) in [5.41, 5.74) is 2.32. The molecule has 1 saturated heterocycles. The molecule has 23 heavy (non-hydrogen) atoms. The third-order valence-electron chi connectivity index (χ3n) is 4.97. The average molecular weight is 314 g/mol. The lowest BCUT2D eigenvalue weighted by Crippen LogP contribution is -2.35. The number of ether oxygens (including phenoxy) is 1. The van der Waals surface area contributed by atoms with E-state index in [1.54, 1.807) is 0 Å². The fourth-order valence-electron chi connectivity index (χ4n) is 3.49. The fourth-order valence-corrected chi connectivity index (χ4v) is 3.49. The van der Waals surface area contributed by atoms with Gasteiger partial charge in [0.1, 0.15) is 0 Å². The lowest BCUT2D eigenvalue weighted by Gasteiger charge is -2.34. The molecule has 0 saturated carbocycles. The molecular formula is C17H22N4O2. The van der Waals surface area contributed by atoms with E-state index in [1.165, 1.54) is 5.56 Å². The number of rotatable bonds is 3. The molecule has 1 atom stereocenters. The lowest BCUT2D eigenvalue weighted by atomic mass is 9.95. The Labute approximate surface area is 135 Å². The summed E-state index contributed by atoms with van der Waals surface area (Å²) in [6.07, 6.45) is 3.08. The van der Waals surface area contributed by atoms with Crippen LogP contribution >= 0.6 is 0 Å². The Morgan fingerprint density at radius 3 is 2.78 bits per heavy atom. The van der Waals surface area contributed by atoms with Gasteiger partial charge in [-0.15, -0.1) is 10.2 Å². The predicted molar refractivity (Wildman–Crippen MR) is 84.4 cm³/mol. The number of aromatic nitrogens is 3. The molecule has 6 nitrogen and oxygen atoms in total. The van der Waals surface area contributed by atoms with Gasteiger partial charge in [-0.3, -0.25) is 4.90 Å². The molecule has 0 unspecified atom stereocenters. The maximum Gasteiger partial charge on any atom is 0.219 e. The van der Waals surface area contributed by atoms with Gasteiger partial charge >= 0.3 is 0 Å². The largest absolute Gasteiger partial charge is 0.477 e. The lowest BCUT2D eigenvalue weighted by molar-refractivity contribution is 0.151. The summed E-state index contributed by atoms with van der Waals surface area (Å²) in [7, 11) is 0. The molecule has 0 aliphatic carbocycles. The van der Waals surface area contributed by atoms with Crippen molar-refractivity contribution in [2.75, 3.05) is 19.7 Å². The molecule has 2 aromatic rings. The monoisotopic (exact) mass is 314 g/mol. The van der Waals surface area contributed by atoms with Gasteiger partial charge in [-0.25, -0.2) is 4.98 Å². The van der Waals surface area contributed by atoms with Gasteiger partial charge in [0.15, 0.2) is 0 Å². The second-order valence-corrected chi connectivity index (χ2v) is 6.44. The first-order chi connectivity index (χ1) is 11.2. The van der Waals surface area contributed by atoms with Crippen LogP contribution in [0.15, 0.2) is 16.5 Å². The van der Waals surface area contributed by atoms with Crippen LogP contribution in [0.25, 0.3) is 0 Å². The number of fused-ring (bicyclic) bond motifs is 1. The Hall–Kier alpha value is -1.95. The summed E-state index contributed by atoms with van der Waals surface area (Å²) < 4.78 is 11.2. The van der Waals surface area contributed by atoms with Crippen LogP contribution in [0.5, 0.6) is 5.88 Å². The van der Waals surface area contributed by atoms with Crippen LogP contribution < -0.4 is 4.74 Å². The average Bonchev–Trinajstić information content (AvgIpc) is 3.22. The Bertz CT molecular complexity index is 692. The summed E-state index contributed by atoms with van der Waals surface area (Å²) >= 11 is 0. The van der Waals surface area contributed by atoms with Crippen molar-refractivity contribution < 1.29 is 9.15 Å². The van der Waals surface area contributed by atoms with E-state index in [9.17, 15) is 0 Å². The first kappa shape index (κ1) is 14.6. The van der Waals surface area contributed by atoms with E-state index in [4.69, 9.17) is 14.1 Å². The van der Waals surface area contributed by atoms with Crippen molar-refractivity contribution in [2.24, 2.45) is 0 Å². The Balaban J connectivity index is 1.41. The predicted octanol–water partition coefficient (Wildman–Crippen LogP) is 2.65. The van der Waals surface area contributed by atoms with Gasteiger partial charge in [-0.05, 0) is 38.9 Å². The first-order valence-electron chi connectivity index (χ1n) is 8.37. The van der Waals surface area contributed by atoms with Gasteiger partial charge in [0, 0.05) is 30.9 Å². The summed E-state index contributed by atoms with van der Waals surface area (Å²) in [6.45, 7) is 6.87. The topological polar surface area (TPSA) is 64.3 Å². The molecule has 4 heterocycles. The maximum atomic E-state index is 5.60. The summed E-state index contributed by atoms with van der Waals surface area (Å²) in [4.78, 5) is 7.18. The van der Waals surface area contributed by atoms with Crippen LogP contribution in [0.2, 0.25) is 0 Å². The number of aryl methyl sites for hydroxylation is 1. The molecular weight excluding hydrogens is 292 g/mol. The van der Waals surface area contributed by atoms with Gasteiger partial charge in [0.25, 0.3) is 0 Å². The number of piperidine rings is 1. The van der Waals surface area contributed by atoms with Crippen LogP contribution in [-0.2, 0) is 6.42 Å². The standard InChI is InChI=1S/C17H22N4O2/c1-11(15-4-3-13-7-10-22-16(13)18-15)21-8-5-14(6-9-21)17-20-19-12(2)23-17/h3-4,11,14H,5-10H2,1-2H3/t11-/m1/s1. The maximum absolute atomic E-state index is 5.60. The van der Waals surface area contributed by atoms with E-state index in [2.05, 4.69) is 34.2 Å². The first-order valence-corrected chi connectivity index (χ1v) is 8.37. The minimum Gasteiger partial charge on any atom is -0.477 e. The van der Waals surface area contributed by atoms with E-state index in [0.717, 1.165) is 56.4 Å². The van der Waals surface area contributed by atoms with Gasteiger partial charge < -0.3 is 9.15 Å². The number of pyridine rings is 1. The van der Waals surface area contributed by atoms with Crippen molar-refractivity contribution in [3.8, 4) is 5.88 Å². The highest BCUT2D eigenvalue weighted by molar-refractivity contribution is 5.32. The van der Waals surface area contributed by atoms with Crippen LogP contribution in [-0.4, -0.2) is 39.8 Å². The second-order valence-electron chi connectivity index (χ2n) is 6.44. The van der Waals surface area contributed by atoms with Crippen molar-refractivity contribution in [2.45, 2.75) is 45.1 Å². The second kappa shape index (κ2) is 5.92. The van der Waals surface area contributed by atoms with Crippen LogP contribution in [0, 0.1) is 6.92 Å². The third kappa shape index (κ3) is 2.83. The Kier molecular flexibility index (Phi) is 3.77. The Morgan fingerprint density at radius 2 is 2.04 bits per heavy atom. The van der Waals surface area contributed by atoms with Gasteiger partial charge in [-0.1, -0.05) is 6.07 Å². The smallest absolute Gasteiger partial charge is 0.219 e. The number of nitrogens with zero attached hydrogens (tertiary/aromatic N) is 4. The zero-order valence-corrected chi connectivity index (χ0v) is 13.7. The highest BCUT2D eigenvalue weighted by Crippen LogP contribution is 2.32. The van der Waals surface area contributed by atoms with Crippen molar-refractivity contribution in [3.05, 3.63) is 35.2 Å². The van der Waals surface area contributed by atoms with Gasteiger partial charge in [0.05, 0.1) is 12.3 Å². The quantitative estimate of drug-likeness (QED) is 0.868. The van der Waals surface area contributed by atoms with E-state index < -0.39 is 0 Å². The highest BCUT2D eigenvalue weighted by Gasteiger charge is 2.28. The SMILES string of the molecule is Cc1nnc(C2CCN([C@H](C)c3ccc4c(n3)OCC4)CC2)o1. The number of hydrogen-bond donors (Lipinski definition) is 0. The van der Waals surface area contributed by atoms with E-state index >= 15 is 0 Å². The molecule has 0 aromatic carbocycles. The van der Waals surface area contributed by atoms with Crippen molar-refractivity contribution >= 4 is 0 Å². The molecule has 2 aliphatic heterocycles. The summed E-state index contributed by atoms with van der Waals surface area (Å²) in [5, 5.41) is 8.12. The van der Waals surface area contributed by atoms with Gasteiger partial charge in [-0.2, -0.15) is 0 Å². The van der Waals surface area contributed by atoms with E-state index in [-0.39, 0.29) is 0 Å².